The van der Waals surface area contributed by atoms with Gasteiger partial charge in [-0.2, -0.15) is 4.31 Å². The Morgan fingerprint density at radius 2 is 2.00 bits per heavy atom. The summed E-state index contributed by atoms with van der Waals surface area (Å²) in [5.74, 6) is -2.67. The molecule has 3 amide bonds. The number of hydrogen-bond donors (Lipinski definition) is 3. The number of carbonyl (C=O) groups excluding carboxylic acids is 3. The van der Waals surface area contributed by atoms with Crippen molar-refractivity contribution >= 4 is 45.5 Å². The number of thioether (sulfide) groups is 1. The zero-order valence-electron chi connectivity index (χ0n) is 15.4. The van der Waals surface area contributed by atoms with Gasteiger partial charge in [0.25, 0.3) is 0 Å². The first kappa shape index (κ1) is 22.4. The molecule has 158 valence electrons. The number of carbonyl (C=O) groups is 4. The molecule has 0 radical (unpaired) electrons. The molecule has 2 rings (SSSR count). The molecule has 0 bridgehead atoms. The molecular formula is C15H24N4O7S2. The van der Waals surface area contributed by atoms with E-state index >= 15 is 0 Å². The third-order valence-corrected chi connectivity index (χ3v) is 6.66. The molecule has 0 aromatic rings. The Bertz CT molecular complexity index is 743. The summed E-state index contributed by atoms with van der Waals surface area (Å²) in [7, 11) is -3.70. The molecular weight excluding hydrogens is 412 g/mol. The Kier molecular flexibility index (Phi) is 7.66. The first-order valence-electron chi connectivity index (χ1n) is 8.72. The number of hydrogen-bond acceptors (Lipinski definition) is 7. The maximum absolute atomic E-state index is 12.7. The first-order chi connectivity index (χ1) is 13.1. The molecule has 13 heteroatoms. The lowest BCUT2D eigenvalue weighted by Gasteiger charge is -2.39. The summed E-state index contributed by atoms with van der Waals surface area (Å²) < 4.78 is 25.2. The van der Waals surface area contributed by atoms with Gasteiger partial charge in [-0.25, -0.2) is 8.42 Å². The van der Waals surface area contributed by atoms with Gasteiger partial charge in [-0.3, -0.25) is 19.2 Å². The van der Waals surface area contributed by atoms with Crippen LogP contribution in [0.3, 0.4) is 0 Å². The van der Waals surface area contributed by atoms with Crippen LogP contribution in [0, 0.1) is 0 Å². The average molecular weight is 437 g/mol. The van der Waals surface area contributed by atoms with Gasteiger partial charge >= 0.3 is 5.97 Å². The molecule has 0 aromatic carbocycles. The van der Waals surface area contributed by atoms with Crippen LogP contribution in [-0.4, -0.2) is 102 Å². The van der Waals surface area contributed by atoms with Crippen LogP contribution in [-0.2, 0) is 29.2 Å². The zero-order valence-corrected chi connectivity index (χ0v) is 17.1. The van der Waals surface area contributed by atoms with Crippen molar-refractivity contribution in [2.45, 2.75) is 24.9 Å². The number of amides is 3. The topological polar surface area (TPSA) is 153 Å². The van der Waals surface area contributed by atoms with E-state index < -0.39 is 34.0 Å². The highest BCUT2D eigenvalue weighted by Gasteiger charge is 2.40. The summed E-state index contributed by atoms with van der Waals surface area (Å²) in [6.07, 6.45) is 2.14. The summed E-state index contributed by atoms with van der Waals surface area (Å²) >= 11 is 0.932. The maximum Gasteiger partial charge on any atom is 0.313 e. The molecule has 0 saturated carbocycles. The Balaban J connectivity index is 2.06. The number of aliphatic carboxylic acids is 1. The molecule has 2 atom stereocenters. The molecule has 2 unspecified atom stereocenters. The monoisotopic (exact) mass is 436 g/mol. The molecule has 2 aliphatic heterocycles. The van der Waals surface area contributed by atoms with Crippen molar-refractivity contribution < 1.29 is 32.7 Å². The minimum Gasteiger partial charge on any atom is -0.481 e. The van der Waals surface area contributed by atoms with Crippen molar-refractivity contribution in [3.05, 3.63) is 0 Å². The number of piperidine rings is 1. The van der Waals surface area contributed by atoms with Crippen molar-refractivity contribution in [2.75, 3.05) is 43.9 Å². The zero-order chi connectivity index (χ0) is 20.9. The van der Waals surface area contributed by atoms with E-state index in [1.165, 1.54) is 4.90 Å². The summed E-state index contributed by atoms with van der Waals surface area (Å²) in [5, 5.41) is 13.9. The smallest absolute Gasteiger partial charge is 0.313 e. The van der Waals surface area contributed by atoms with Crippen molar-refractivity contribution in [3.8, 4) is 0 Å². The summed E-state index contributed by atoms with van der Waals surface area (Å²) in [6.45, 7) is 0.427. The molecule has 2 heterocycles. The van der Waals surface area contributed by atoms with E-state index in [-0.39, 0.29) is 43.0 Å². The predicted octanol–water partition coefficient (Wildman–Crippen LogP) is -2.33. The fourth-order valence-electron chi connectivity index (χ4n) is 3.10. The highest BCUT2D eigenvalue weighted by molar-refractivity contribution is 8.00. The highest BCUT2D eigenvalue weighted by atomic mass is 32.2. The molecule has 3 N–H and O–H groups in total. The quantitative estimate of drug-likeness (QED) is 0.402. The SMILES string of the molecule is CS(=O)(=O)N1CCN(C(=O)CSCC(=O)O)CC1C(=O)NC1CCCNC1=O. The number of nitrogens with one attached hydrogen (secondary N) is 2. The number of nitrogens with zero attached hydrogens (tertiary/aromatic N) is 2. The average Bonchev–Trinajstić information content (AvgIpc) is 2.62. The molecule has 2 aliphatic rings. The molecule has 0 aliphatic carbocycles. The van der Waals surface area contributed by atoms with Crippen LogP contribution in [0.25, 0.3) is 0 Å². The van der Waals surface area contributed by atoms with Crippen LogP contribution in [0.4, 0.5) is 0 Å². The molecule has 0 spiro atoms. The van der Waals surface area contributed by atoms with Gasteiger partial charge in [-0.15, -0.1) is 11.8 Å². The number of sulfonamides is 1. The Labute approximate surface area is 167 Å². The van der Waals surface area contributed by atoms with Gasteiger partial charge in [-0.05, 0) is 12.8 Å². The van der Waals surface area contributed by atoms with Crippen molar-refractivity contribution in [2.24, 2.45) is 0 Å². The second-order valence-electron chi connectivity index (χ2n) is 6.61. The first-order valence-corrected chi connectivity index (χ1v) is 11.7. The Hall–Kier alpha value is -1.86. The van der Waals surface area contributed by atoms with Gasteiger partial charge in [0, 0.05) is 26.2 Å². The number of carboxylic acids is 1. The van der Waals surface area contributed by atoms with Crippen LogP contribution in [0.15, 0.2) is 0 Å². The summed E-state index contributed by atoms with van der Waals surface area (Å²) in [4.78, 5) is 48.8. The van der Waals surface area contributed by atoms with Crippen LogP contribution in [0.1, 0.15) is 12.8 Å². The molecule has 2 saturated heterocycles. The van der Waals surface area contributed by atoms with Gasteiger partial charge in [0.2, 0.25) is 27.7 Å². The Morgan fingerprint density at radius 3 is 2.61 bits per heavy atom. The molecule has 28 heavy (non-hydrogen) atoms. The van der Waals surface area contributed by atoms with Gasteiger partial charge in [-0.1, -0.05) is 0 Å². The van der Waals surface area contributed by atoms with E-state index in [4.69, 9.17) is 5.11 Å². The fraction of sp³-hybridized carbons (Fsp3) is 0.733. The Morgan fingerprint density at radius 1 is 1.29 bits per heavy atom. The largest absolute Gasteiger partial charge is 0.481 e. The predicted molar refractivity (Wildman–Crippen MR) is 101 cm³/mol. The number of rotatable bonds is 7. The lowest BCUT2D eigenvalue weighted by molar-refractivity contribution is -0.136. The van der Waals surface area contributed by atoms with Gasteiger partial charge in [0.05, 0.1) is 17.8 Å². The van der Waals surface area contributed by atoms with E-state index in [2.05, 4.69) is 10.6 Å². The summed E-state index contributed by atoms with van der Waals surface area (Å²) in [5.41, 5.74) is 0. The molecule has 2 fully saturated rings. The van der Waals surface area contributed by atoms with Crippen LogP contribution in [0.5, 0.6) is 0 Å². The standard InChI is InChI=1S/C15H24N4O7S2/c1-28(25,26)19-6-5-18(12(20)8-27-9-13(21)22)7-11(19)15(24)17-10-3-2-4-16-14(10)23/h10-11H,2-9H2,1H3,(H,16,23)(H,17,24)(H,21,22). The number of carboxylic acid groups (broad SMARTS) is 1. The molecule has 11 nitrogen and oxygen atoms in total. The van der Waals surface area contributed by atoms with E-state index in [0.29, 0.717) is 19.4 Å². The maximum atomic E-state index is 12.7. The highest BCUT2D eigenvalue weighted by Crippen LogP contribution is 2.16. The van der Waals surface area contributed by atoms with Crippen molar-refractivity contribution in [1.82, 2.24) is 19.8 Å². The van der Waals surface area contributed by atoms with Crippen LogP contribution < -0.4 is 10.6 Å². The third kappa shape index (κ3) is 6.07. The van der Waals surface area contributed by atoms with Crippen molar-refractivity contribution in [1.29, 1.82) is 0 Å². The second kappa shape index (κ2) is 9.56. The van der Waals surface area contributed by atoms with Gasteiger partial charge in [0.15, 0.2) is 0 Å². The van der Waals surface area contributed by atoms with E-state index in [1.807, 2.05) is 0 Å². The lowest BCUT2D eigenvalue weighted by Crippen LogP contribution is -2.63. The van der Waals surface area contributed by atoms with Crippen LogP contribution >= 0.6 is 11.8 Å². The second-order valence-corrected chi connectivity index (χ2v) is 9.53. The number of piperazine rings is 1. The van der Waals surface area contributed by atoms with Crippen molar-refractivity contribution in [3.63, 3.8) is 0 Å². The fourth-order valence-corrected chi connectivity index (χ4v) is 4.77. The van der Waals surface area contributed by atoms with Gasteiger partial charge < -0.3 is 20.6 Å². The van der Waals surface area contributed by atoms with E-state index in [1.54, 1.807) is 0 Å². The minimum atomic E-state index is -3.70. The van der Waals surface area contributed by atoms with Crippen LogP contribution in [0.2, 0.25) is 0 Å². The minimum absolute atomic E-state index is 0.0525. The lowest BCUT2D eigenvalue weighted by atomic mass is 10.1. The van der Waals surface area contributed by atoms with Gasteiger partial charge in [0.1, 0.15) is 12.1 Å². The normalized spacial score (nSPS) is 23.8. The van der Waals surface area contributed by atoms with E-state index in [9.17, 15) is 27.6 Å². The third-order valence-electron chi connectivity index (χ3n) is 4.47. The summed E-state index contributed by atoms with van der Waals surface area (Å²) in [6, 6.07) is -1.88. The van der Waals surface area contributed by atoms with E-state index in [0.717, 1.165) is 22.3 Å². The molecule has 0 aromatic heterocycles.